The monoisotopic (exact) mass is 373 g/mol. The molecule has 1 aliphatic carbocycles. The molecule has 1 heterocycles. The van der Waals surface area contributed by atoms with Crippen LogP contribution in [0.5, 0.6) is 0 Å². The zero-order chi connectivity index (χ0) is 15.9. The number of rotatable bonds is 2. The average Bonchev–Trinajstić information content (AvgIpc) is 2.59. The number of allylic oxidation sites excluding steroid dienone is 5. The lowest BCUT2D eigenvalue weighted by atomic mass is 10.0. The second kappa shape index (κ2) is 5.67. The number of hydrogen-bond donors (Lipinski definition) is 0. The summed E-state index contributed by atoms with van der Waals surface area (Å²) < 4.78 is 1.02. The molecule has 0 spiro atoms. The molecule has 4 heteroatoms. The molecule has 1 aromatic carbocycles. The lowest BCUT2D eigenvalue weighted by Crippen LogP contribution is -2.37. The van der Waals surface area contributed by atoms with E-state index >= 15 is 0 Å². The third-order valence-corrected chi connectivity index (χ3v) is 7.27. The van der Waals surface area contributed by atoms with Crippen molar-refractivity contribution in [2.45, 2.75) is 25.2 Å². The molecule has 1 saturated heterocycles. The minimum Gasteiger partial charge on any atom is -0.284 e. The predicted molar refractivity (Wildman–Crippen MR) is 98.6 cm³/mol. The highest BCUT2D eigenvalue weighted by atomic mass is 79.9. The Morgan fingerprint density at radius 3 is 2.36 bits per heavy atom. The van der Waals surface area contributed by atoms with Crippen LogP contribution in [0.15, 0.2) is 64.8 Å². The van der Waals surface area contributed by atoms with Gasteiger partial charge in [0, 0.05) is 27.3 Å². The zero-order valence-corrected chi connectivity index (χ0v) is 15.7. The molecule has 0 radical (unpaired) electrons. The van der Waals surface area contributed by atoms with Crippen molar-refractivity contribution >= 4 is 35.6 Å². The minimum atomic E-state index is -1.62. The van der Waals surface area contributed by atoms with E-state index in [1.165, 1.54) is 0 Å². The normalized spacial score (nSPS) is 24.3. The average molecular weight is 374 g/mol. The highest BCUT2D eigenvalue weighted by Gasteiger charge is 2.49. The van der Waals surface area contributed by atoms with Gasteiger partial charge in [-0.3, -0.25) is 9.69 Å². The molecule has 0 aromatic heterocycles. The van der Waals surface area contributed by atoms with Gasteiger partial charge in [0.25, 0.3) is 0 Å². The first-order valence-electron chi connectivity index (χ1n) is 7.54. The smallest absolute Gasteiger partial charge is 0.232 e. The maximum atomic E-state index is 13.2. The van der Waals surface area contributed by atoms with Crippen molar-refractivity contribution in [1.82, 2.24) is 0 Å². The van der Waals surface area contributed by atoms with Crippen LogP contribution in [-0.2, 0) is 4.79 Å². The molecule has 114 valence electrons. The van der Waals surface area contributed by atoms with E-state index < -0.39 is 8.07 Å². The minimum absolute atomic E-state index is 0.0959. The number of carbonyl (C=O) groups is 1. The number of benzene rings is 1. The van der Waals surface area contributed by atoms with E-state index in [9.17, 15) is 4.79 Å². The van der Waals surface area contributed by atoms with E-state index in [2.05, 4.69) is 53.8 Å². The van der Waals surface area contributed by atoms with Crippen LogP contribution >= 0.6 is 15.9 Å². The quantitative estimate of drug-likeness (QED) is 0.657. The summed E-state index contributed by atoms with van der Waals surface area (Å²) in [7, 11) is -1.62. The van der Waals surface area contributed by atoms with Crippen molar-refractivity contribution < 1.29 is 4.79 Å². The predicted octanol–water partition coefficient (Wildman–Crippen LogP) is 5.13. The molecule has 1 amide bonds. The molecule has 22 heavy (non-hydrogen) atoms. The van der Waals surface area contributed by atoms with Gasteiger partial charge in [0.2, 0.25) is 5.91 Å². The van der Waals surface area contributed by atoms with Crippen molar-refractivity contribution in [2.75, 3.05) is 4.90 Å². The second-order valence-corrected chi connectivity index (χ2v) is 13.2. The van der Waals surface area contributed by atoms with Crippen molar-refractivity contribution in [3.8, 4) is 0 Å². The van der Waals surface area contributed by atoms with Gasteiger partial charge < -0.3 is 0 Å². The SMILES string of the molecule is C[Si](C)(C)[C@@H]1C(=O)N(c2ccc(Br)cc2)C2=CC=CC=C[C@H]21. The van der Waals surface area contributed by atoms with E-state index in [1.54, 1.807) is 0 Å². The lowest BCUT2D eigenvalue weighted by Gasteiger charge is -2.26. The van der Waals surface area contributed by atoms with Gasteiger partial charge in [-0.1, -0.05) is 59.9 Å². The summed E-state index contributed by atoms with van der Waals surface area (Å²) in [4.78, 5) is 15.1. The Hall–Kier alpha value is -1.39. The van der Waals surface area contributed by atoms with Crippen LogP contribution in [0, 0.1) is 5.92 Å². The Bertz CT molecular complexity index is 682. The molecule has 2 aliphatic rings. The zero-order valence-electron chi connectivity index (χ0n) is 13.1. The van der Waals surface area contributed by atoms with Gasteiger partial charge in [0.05, 0.1) is 8.07 Å². The Kier molecular flexibility index (Phi) is 3.99. The molecule has 0 saturated carbocycles. The first-order valence-corrected chi connectivity index (χ1v) is 11.9. The van der Waals surface area contributed by atoms with E-state index in [-0.39, 0.29) is 17.4 Å². The fourth-order valence-electron chi connectivity index (χ4n) is 3.31. The van der Waals surface area contributed by atoms with E-state index in [0.717, 1.165) is 15.9 Å². The van der Waals surface area contributed by atoms with Gasteiger partial charge in [-0.05, 0) is 30.3 Å². The molecule has 1 aromatic rings. The summed E-state index contributed by atoms with van der Waals surface area (Å²) in [6, 6.07) is 7.99. The number of hydrogen-bond acceptors (Lipinski definition) is 1. The first-order chi connectivity index (χ1) is 10.4. The summed E-state index contributed by atoms with van der Waals surface area (Å²) >= 11 is 3.46. The molecule has 0 bridgehead atoms. The Morgan fingerprint density at radius 2 is 1.73 bits per heavy atom. The molecule has 2 atom stereocenters. The molecular formula is C18H20BrNOSi. The fraction of sp³-hybridized carbons (Fsp3) is 0.278. The summed E-state index contributed by atoms with van der Waals surface area (Å²) in [5.41, 5.74) is 2.15. The maximum Gasteiger partial charge on any atom is 0.232 e. The number of carbonyl (C=O) groups excluding carboxylic acids is 1. The van der Waals surface area contributed by atoms with Crippen molar-refractivity contribution in [2.24, 2.45) is 5.92 Å². The highest BCUT2D eigenvalue weighted by Crippen LogP contribution is 2.47. The number of halogens is 1. The van der Waals surface area contributed by atoms with Crippen LogP contribution in [0.25, 0.3) is 0 Å². The largest absolute Gasteiger partial charge is 0.284 e. The molecular weight excluding hydrogens is 354 g/mol. The van der Waals surface area contributed by atoms with Gasteiger partial charge in [-0.15, -0.1) is 0 Å². The van der Waals surface area contributed by atoms with E-state index in [4.69, 9.17) is 0 Å². The van der Waals surface area contributed by atoms with E-state index in [0.29, 0.717) is 0 Å². The molecule has 1 fully saturated rings. The standard InChI is InChI=1S/C18H20BrNOSi/c1-22(2,3)17-15-7-5-4-6-8-16(15)20(18(17)21)14-11-9-13(19)10-12-14/h4-12,15,17H,1-3H3/t15-,17+/m1/s1. The first kappa shape index (κ1) is 15.5. The topological polar surface area (TPSA) is 20.3 Å². The van der Waals surface area contributed by atoms with Gasteiger partial charge in [-0.25, -0.2) is 0 Å². The van der Waals surface area contributed by atoms with Crippen LogP contribution in [0.2, 0.25) is 25.2 Å². The Balaban J connectivity index is 2.11. The third kappa shape index (κ3) is 2.66. The lowest BCUT2D eigenvalue weighted by molar-refractivity contribution is -0.117. The van der Waals surface area contributed by atoms with Crippen LogP contribution in [0.4, 0.5) is 5.69 Å². The molecule has 0 N–H and O–H groups in total. The van der Waals surface area contributed by atoms with Crippen LogP contribution in [0.3, 0.4) is 0 Å². The van der Waals surface area contributed by atoms with Crippen LogP contribution in [-0.4, -0.2) is 14.0 Å². The third-order valence-electron chi connectivity index (χ3n) is 4.27. The van der Waals surface area contributed by atoms with Gasteiger partial charge >= 0.3 is 0 Å². The number of nitrogens with zero attached hydrogens (tertiary/aromatic N) is 1. The Labute approximate surface area is 141 Å². The van der Waals surface area contributed by atoms with Crippen molar-refractivity contribution in [3.63, 3.8) is 0 Å². The number of anilines is 1. The number of fused-ring (bicyclic) bond motifs is 1. The van der Waals surface area contributed by atoms with Crippen LogP contribution in [0.1, 0.15) is 0 Å². The van der Waals surface area contributed by atoms with Crippen molar-refractivity contribution in [1.29, 1.82) is 0 Å². The molecule has 0 unspecified atom stereocenters. The summed E-state index contributed by atoms with van der Waals surface area (Å²) in [5.74, 6) is 0.440. The van der Waals surface area contributed by atoms with Gasteiger partial charge in [-0.2, -0.15) is 0 Å². The summed E-state index contributed by atoms with van der Waals surface area (Å²) in [5, 5.41) is 0. The Morgan fingerprint density at radius 1 is 1.05 bits per heavy atom. The summed E-state index contributed by atoms with van der Waals surface area (Å²) in [6.07, 6.45) is 10.4. The van der Waals surface area contributed by atoms with E-state index in [1.807, 2.05) is 41.3 Å². The number of amides is 1. The second-order valence-electron chi connectivity index (χ2n) is 6.88. The van der Waals surface area contributed by atoms with Gasteiger partial charge in [0.15, 0.2) is 0 Å². The molecule has 2 nitrogen and oxygen atoms in total. The molecule has 1 aliphatic heterocycles. The van der Waals surface area contributed by atoms with Crippen molar-refractivity contribution in [3.05, 3.63) is 64.8 Å². The van der Waals surface area contributed by atoms with Gasteiger partial charge in [0.1, 0.15) is 0 Å². The molecule has 3 rings (SSSR count). The maximum absolute atomic E-state index is 13.2. The summed E-state index contributed by atoms with van der Waals surface area (Å²) in [6.45, 7) is 6.85. The van der Waals surface area contributed by atoms with Crippen LogP contribution < -0.4 is 4.90 Å². The highest BCUT2D eigenvalue weighted by molar-refractivity contribution is 9.10. The fourth-order valence-corrected chi connectivity index (χ4v) is 5.81.